The van der Waals surface area contributed by atoms with Gasteiger partial charge in [0.1, 0.15) is 5.76 Å². The van der Waals surface area contributed by atoms with Gasteiger partial charge in [0.05, 0.1) is 12.3 Å². The third kappa shape index (κ3) is 3.58. The Morgan fingerprint density at radius 2 is 1.77 bits per heavy atom. The number of rotatable bonds is 6. The molecule has 134 valence electrons. The van der Waals surface area contributed by atoms with E-state index < -0.39 is 0 Å². The standard InChI is InChI=1S/C21H23N3O2/c25-21(17-7-9-18(10-8-17)23-11-1-2-12-23)22-16-19(20-6-5-15-26-20)24-13-3-4-14-24/h1-2,5-12,15,19H,3-4,13-14,16H2,(H,22,25)/t19-/m0/s1. The van der Waals surface area contributed by atoms with E-state index in [2.05, 4.69) is 10.2 Å². The highest BCUT2D eigenvalue weighted by Crippen LogP contribution is 2.25. The smallest absolute Gasteiger partial charge is 0.251 e. The molecule has 1 atom stereocenters. The first-order chi connectivity index (χ1) is 12.8. The number of likely N-dealkylation sites (tertiary alicyclic amines) is 1. The number of amides is 1. The van der Waals surface area contributed by atoms with Gasteiger partial charge in [-0.3, -0.25) is 9.69 Å². The van der Waals surface area contributed by atoms with Crippen LogP contribution in [0.3, 0.4) is 0 Å². The fourth-order valence-corrected chi connectivity index (χ4v) is 3.53. The summed E-state index contributed by atoms with van der Waals surface area (Å²) in [5.41, 5.74) is 1.71. The molecule has 1 aromatic carbocycles. The summed E-state index contributed by atoms with van der Waals surface area (Å²) >= 11 is 0. The van der Waals surface area contributed by atoms with Crippen molar-refractivity contribution in [3.05, 3.63) is 78.5 Å². The monoisotopic (exact) mass is 349 g/mol. The van der Waals surface area contributed by atoms with Crippen LogP contribution in [0.4, 0.5) is 0 Å². The number of nitrogens with one attached hydrogen (secondary N) is 1. The highest BCUT2D eigenvalue weighted by Gasteiger charge is 2.26. The van der Waals surface area contributed by atoms with Gasteiger partial charge in [0.2, 0.25) is 0 Å². The molecule has 4 rings (SSSR count). The lowest BCUT2D eigenvalue weighted by molar-refractivity contribution is 0.0934. The number of carbonyl (C=O) groups is 1. The highest BCUT2D eigenvalue weighted by atomic mass is 16.3. The second kappa shape index (κ2) is 7.62. The summed E-state index contributed by atoms with van der Waals surface area (Å²) in [4.78, 5) is 14.9. The van der Waals surface area contributed by atoms with Crippen molar-refractivity contribution in [2.45, 2.75) is 18.9 Å². The van der Waals surface area contributed by atoms with Gasteiger partial charge in [-0.25, -0.2) is 0 Å². The molecule has 0 bridgehead atoms. The Bertz CT molecular complexity index is 817. The van der Waals surface area contributed by atoms with E-state index in [1.807, 2.05) is 65.5 Å². The van der Waals surface area contributed by atoms with Gasteiger partial charge in [0.15, 0.2) is 0 Å². The Morgan fingerprint density at radius 3 is 2.42 bits per heavy atom. The van der Waals surface area contributed by atoms with Gasteiger partial charge in [-0.1, -0.05) is 0 Å². The molecule has 0 spiro atoms. The lowest BCUT2D eigenvalue weighted by Gasteiger charge is -2.26. The number of furan rings is 1. The van der Waals surface area contributed by atoms with E-state index in [4.69, 9.17) is 4.42 Å². The first-order valence-electron chi connectivity index (χ1n) is 9.10. The van der Waals surface area contributed by atoms with Crippen LogP contribution in [0.25, 0.3) is 5.69 Å². The quantitative estimate of drug-likeness (QED) is 0.739. The summed E-state index contributed by atoms with van der Waals surface area (Å²) in [6.45, 7) is 2.64. The molecule has 26 heavy (non-hydrogen) atoms. The summed E-state index contributed by atoms with van der Waals surface area (Å²) in [5, 5.41) is 3.07. The van der Waals surface area contributed by atoms with Crippen molar-refractivity contribution in [3.8, 4) is 5.69 Å². The van der Waals surface area contributed by atoms with E-state index in [9.17, 15) is 4.79 Å². The molecule has 1 saturated heterocycles. The van der Waals surface area contributed by atoms with E-state index in [0.717, 1.165) is 24.5 Å². The Kier molecular flexibility index (Phi) is 4.88. The zero-order valence-electron chi connectivity index (χ0n) is 14.7. The van der Waals surface area contributed by atoms with Crippen molar-refractivity contribution in [3.63, 3.8) is 0 Å². The largest absolute Gasteiger partial charge is 0.468 e. The summed E-state index contributed by atoms with van der Waals surface area (Å²) in [7, 11) is 0. The number of hydrogen-bond acceptors (Lipinski definition) is 3. The zero-order valence-corrected chi connectivity index (χ0v) is 14.7. The summed E-state index contributed by atoms with van der Waals surface area (Å²) < 4.78 is 7.62. The van der Waals surface area contributed by atoms with Crippen LogP contribution < -0.4 is 5.32 Å². The van der Waals surface area contributed by atoms with Crippen LogP contribution in [0, 0.1) is 0 Å². The van der Waals surface area contributed by atoms with E-state index in [1.54, 1.807) is 6.26 Å². The molecule has 1 amide bonds. The molecule has 0 aliphatic carbocycles. The summed E-state index contributed by atoms with van der Waals surface area (Å²) in [6, 6.07) is 15.6. The van der Waals surface area contributed by atoms with E-state index in [1.165, 1.54) is 12.8 Å². The molecule has 1 aliphatic rings. The molecular weight excluding hydrogens is 326 g/mol. The predicted molar refractivity (Wildman–Crippen MR) is 100 cm³/mol. The van der Waals surface area contributed by atoms with Crippen LogP contribution >= 0.6 is 0 Å². The molecule has 2 aromatic heterocycles. The molecule has 0 radical (unpaired) electrons. The first kappa shape index (κ1) is 16.7. The maximum Gasteiger partial charge on any atom is 0.251 e. The van der Waals surface area contributed by atoms with Crippen LogP contribution in [0.2, 0.25) is 0 Å². The molecule has 1 fully saturated rings. The van der Waals surface area contributed by atoms with Gasteiger partial charge >= 0.3 is 0 Å². The van der Waals surface area contributed by atoms with Gasteiger partial charge in [-0.2, -0.15) is 0 Å². The SMILES string of the molecule is O=C(NC[C@@H](c1ccco1)N1CCCC1)c1ccc(-n2cccc2)cc1. The highest BCUT2D eigenvalue weighted by molar-refractivity contribution is 5.94. The van der Waals surface area contributed by atoms with E-state index >= 15 is 0 Å². The topological polar surface area (TPSA) is 50.4 Å². The fraction of sp³-hybridized carbons (Fsp3) is 0.286. The minimum absolute atomic E-state index is 0.0557. The molecule has 0 saturated carbocycles. The number of benzene rings is 1. The second-order valence-electron chi connectivity index (χ2n) is 6.62. The van der Waals surface area contributed by atoms with Gasteiger partial charge < -0.3 is 14.3 Å². The fourth-order valence-electron chi connectivity index (χ4n) is 3.53. The second-order valence-corrected chi connectivity index (χ2v) is 6.62. The van der Waals surface area contributed by atoms with Gasteiger partial charge in [0, 0.05) is 30.2 Å². The molecule has 1 N–H and O–H groups in total. The summed E-state index contributed by atoms with van der Waals surface area (Å²) in [5.74, 6) is 0.856. The molecule has 3 heterocycles. The lowest BCUT2D eigenvalue weighted by Crippen LogP contribution is -2.36. The Hall–Kier alpha value is -2.79. The van der Waals surface area contributed by atoms with Crippen molar-refractivity contribution in [2.24, 2.45) is 0 Å². The van der Waals surface area contributed by atoms with Crippen molar-refractivity contribution < 1.29 is 9.21 Å². The maximum atomic E-state index is 12.6. The molecule has 0 unspecified atom stereocenters. The normalized spacial score (nSPS) is 15.8. The zero-order chi connectivity index (χ0) is 17.8. The molecule has 5 heteroatoms. The minimum Gasteiger partial charge on any atom is -0.468 e. The average molecular weight is 349 g/mol. The van der Waals surface area contributed by atoms with Gasteiger partial charge in [-0.05, 0) is 74.5 Å². The molecular formula is C21H23N3O2. The molecule has 1 aliphatic heterocycles. The minimum atomic E-state index is -0.0557. The average Bonchev–Trinajstić information content (AvgIpc) is 3.45. The third-order valence-electron chi connectivity index (χ3n) is 4.94. The van der Waals surface area contributed by atoms with Crippen molar-refractivity contribution >= 4 is 5.91 Å². The van der Waals surface area contributed by atoms with Crippen LogP contribution in [0.5, 0.6) is 0 Å². The van der Waals surface area contributed by atoms with Crippen LogP contribution in [0.15, 0.2) is 71.6 Å². The van der Waals surface area contributed by atoms with Crippen LogP contribution in [0.1, 0.15) is 35.0 Å². The molecule has 3 aromatic rings. The molecule has 5 nitrogen and oxygen atoms in total. The van der Waals surface area contributed by atoms with Gasteiger partial charge in [0.25, 0.3) is 5.91 Å². The Labute approximate surface area is 153 Å². The van der Waals surface area contributed by atoms with Gasteiger partial charge in [-0.15, -0.1) is 0 Å². The number of carbonyl (C=O) groups excluding carboxylic acids is 1. The Morgan fingerprint density at radius 1 is 1.04 bits per heavy atom. The number of aromatic nitrogens is 1. The van der Waals surface area contributed by atoms with E-state index in [-0.39, 0.29) is 11.9 Å². The van der Waals surface area contributed by atoms with E-state index in [0.29, 0.717) is 12.1 Å². The first-order valence-corrected chi connectivity index (χ1v) is 9.10. The third-order valence-corrected chi connectivity index (χ3v) is 4.94. The number of nitrogens with zero attached hydrogens (tertiary/aromatic N) is 2. The maximum absolute atomic E-state index is 12.6. The Balaban J connectivity index is 1.42. The van der Waals surface area contributed by atoms with Crippen molar-refractivity contribution in [2.75, 3.05) is 19.6 Å². The van der Waals surface area contributed by atoms with Crippen molar-refractivity contribution in [1.29, 1.82) is 0 Å². The number of hydrogen-bond donors (Lipinski definition) is 1. The van der Waals surface area contributed by atoms with Crippen LogP contribution in [-0.4, -0.2) is 35.0 Å². The predicted octanol–water partition coefficient (Wildman–Crippen LogP) is 3.64. The summed E-state index contributed by atoms with van der Waals surface area (Å²) in [6.07, 6.45) is 8.07. The van der Waals surface area contributed by atoms with Crippen LogP contribution in [-0.2, 0) is 0 Å². The lowest BCUT2D eigenvalue weighted by atomic mass is 10.1. The van der Waals surface area contributed by atoms with Crippen molar-refractivity contribution in [1.82, 2.24) is 14.8 Å².